The monoisotopic (exact) mass is 490 g/mol. The number of benzene rings is 7. The largest absolute Gasteiger partial charge is 0.0629 e. The standard InChI is InChI=1S/C38H26/c1-3-11-27(12-4-1)28-19-21-29(22-20-28)30-23-25-32(26-24-30)38-35-17-9-7-15-33(35)37(31-13-5-2-6-14-31)34-16-8-10-18-36(34)38/h1-26H/i7D,8D,9D,10D,15D,16D,17D,18D. The van der Waals surface area contributed by atoms with Crippen LogP contribution in [0.1, 0.15) is 11.0 Å². The molecule has 0 amide bonds. The van der Waals surface area contributed by atoms with Crippen LogP contribution in [0.3, 0.4) is 0 Å². The van der Waals surface area contributed by atoms with E-state index in [0.717, 1.165) is 22.3 Å². The quantitative estimate of drug-likeness (QED) is 0.215. The van der Waals surface area contributed by atoms with Crippen LogP contribution in [-0.2, 0) is 0 Å². The van der Waals surface area contributed by atoms with Gasteiger partial charge in [-0.1, -0.05) is 158 Å². The molecule has 0 aliphatic rings. The van der Waals surface area contributed by atoms with Crippen LogP contribution in [0.5, 0.6) is 0 Å². The summed E-state index contributed by atoms with van der Waals surface area (Å²) in [6.45, 7) is 0. The molecule has 0 bridgehead atoms. The minimum Gasteiger partial charge on any atom is -0.0622 e. The fourth-order valence-electron chi connectivity index (χ4n) is 5.12. The lowest BCUT2D eigenvalue weighted by atomic mass is 9.86. The van der Waals surface area contributed by atoms with Crippen molar-refractivity contribution in [3.63, 3.8) is 0 Å². The normalized spacial score (nSPS) is 14.1. The Hall–Kier alpha value is -4.94. The van der Waals surface area contributed by atoms with Gasteiger partial charge in [0.05, 0.1) is 11.0 Å². The van der Waals surface area contributed by atoms with Gasteiger partial charge in [0.25, 0.3) is 0 Å². The Kier molecular flexibility index (Phi) is 3.84. The fourth-order valence-corrected chi connectivity index (χ4v) is 5.12. The zero-order chi connectivity index (χ0) is 32.3. The molecule has 0 N–H and O–H groups in total. The minimum atomic E-state index is -0.409. The van der Waals surface area contributed by atoms with E-state index < -0.39 is 24.2 Å². The van der Waals surface area contributed by atoms with Crippen LogP contribution in [0.15, 0.2) is 158 Å². The SMILES string of the molecule is [2H]c1c([2H])c([2H])c2c(-c3ccc(-c4ccc(-c5ccccc5)cc4)cc3)c3c([2H])c([2H])c([2H])c([2H])c3c(-c3ccccc3)c2c1[2H]. The summed E-state index contributed by atoms with van der Waals surface area (Å²) in [5.74, 6) is 0. The van der Waals surface area contributed by atoms with Crippen molar-refractivity contribution in [1.29, 1.82) is 0 Å². The van der Waals surface area contributed by atoms with E-state index in [1.165, 1.54) is 0 Å². The summed E-state index contributed by atoms with van der Waals surface area (Å²) in [6.07, 6.45) is 0. The average Bonchev–Trinajstić information content (AvgIpc) is 3.11. The highest BCUT2D eigenvalue weighted by Gasteiger charge is 2.16. The topological polar surface area (TPSA) is 0 Å². The molecule has 38 heavy (non-hydrogen) atoms. The van der Waals surface area contributed by atoms with E-state index in [4.69, 9.17) is 11.0 Å². The molecule has 0 saturated heterocycles. The maximum Gasteiger partial charge on any atom is 0.0629 e. The molecule has 0 aliphatic heterocycles. The third kappa shape index (κ3) is 3.88. The molecule has 0 spiro atoms. The van der Waals surface area contributed by atoms with Crippen LogP contribution in [0.25, 0.3) is 66.1 Å². The Balaban J connectivity index is 1.54. The summed E-state index contributed by atoms with van der Waals surface area (Å²) in [7, 11) is 0. The highest BCUT2D eigenvalue weighted by Crippen LogP contribution is 2.43. The highest BCUT2D eigenvalue weighted by atomic mass is 14.2. The lowest BCUT2D eigenvalue weighted by Gasteiger charge is -2.18. The summed E-state index contributed by atoms with van der Waals surface area (Å²) in [5.41, 5.74) is 6.00. The first-order valence-electron chi connectivity index (χ1n) is 16.5. The van der Waals surface area contributed by atoms with E-state index in [0.29, 0.717) is 22.3 Å². The third-order valence-corrected chi connectivity index (χ3v) is 6.94. The molecule has 0 heterocycles. The molecule has 178 valence electrons. The van der Waals surface area contributed by atoms with Crippen LogP contribution < -0.4 is 0 Å². The summed E-state index contributed by atoms with van der Waals surface area (Å²) < 4.78 is 70.3. The molecular weight excluding hydrogens is 456 g/mol. The maximum atomic E-state index is 9.06. The number of hydrogen-bond acceptors (Lipinski definition) is 0. The number of fused-ring (bicyclic) bond motifs is 2. The molecule has 0 heteroatoms. The van der Waals surface area contributed by atoms with Gasteiger partial charge >= 0.3 is 0 Å². The van der Waals surface area contributed by atoms with Crippen molar-refractivity contribution in [1.82, 2.24) is 0 Å². The van der Waals surface area contributed by atoms with Gasteiger partial charge in [0.15, 0.2) is 0 Å². The first-order valence-corrected chi connectivity index (χ1v) is 12.5. The molecule has 0 unspecified atom stereocenters. The van der Waals surface area contributed by atoms with Crippen molar-refractivity contribution >= 4 is 21.5 Å². The Labute approximate surface area is 234 Å². The summed E-state index contributed by atoms with van der Waals surface area (Å²) in [6, 6.07) is 32.2. The van der Waals surface area contributed by atoms with Gasteiger partial charge in [-0.25, -0.2) is 0 Å². The van der Waals surface area contributed by atoms with Crippen molar-refractivity contribution < 1.29 is 11.0 Å². The van der Waals surface area contributed by atoms with E-state index in [2.05, 4.69) is 24.3 Å². The van der Waals surface area contributed by atoms with Gasteiger partial charge in [0.2, 0.25) is 0 Å². The van der Waals surface area contributed by atoms with Gasteiger partial charge in [-0.15, -0.1) is 0 Å². The molecule has 0 aliphatic carbocycles. The number of hydrogen-bond donors (Lipinski definition) is 0. The predicted molar refractivity (Wildman–Crippen MR) is 163 cm³/mol. The van der Waals surface area contributed by atoms with E-state index >= 15 is 0 Å². The Morgan fingerprint density at radius 1 is 0.289 bits per heavy atom. The van der Waals surface area contributed by atoms with Crippen molar-refractivity contribution in [2.45, 2.75) is 0 Å². The molecule has 0 aromatic heterocycles. The first kappa shape index (κ1) is 15.3. The number of rotatable bonds is 4. The van der Waals surface area contributed by atoms with Gasteiger partial charge in [0, 0.05) is 0 Å². The van der Waals surface area contributed by atoms with Crippen molar-refractivity contribution in [2.75, 3.05) is 0 Å². The lowest BCUT2D eigenvalue weighted by Crippen LogP contribution is -1.90. The molecule has 7 aromatic carbocycles. The highest BCUT2D eigenvalue weighted by molar-refractivity contribution is 6.21. The average molecular weight is 491 g/mol. The second-order valence-corrected chi connectivity index (χ2v) is 9.14. The van der Waals surface area contributed by atoms with Crippen LogP contribution >= 0.6 is 0 Å². The van der Waals surface area contributed by atoms with Crippen LogP contribution in [0, 0.1) is 0 Å². The van der Waals surface area contributed by atoms with Gasteiger partial charge < -0.3 is 0 Å². The molecule has 0 radical (unpaired) electrons. The van der Waals surface area contributed by atoms with Crippen molar-refractivity contribution in [3.8, 4) is 44.5 Å². The summed E-state index contributed by atoms with van der Waals surface area (Å²) in [5, 5.41) is 0.848. The Morgan fingerprint density at radius 2 is 0.553 bits per heavy atom. The van der Waals surface area contributed by atoms with Gasteiger partial charge in [-0.3, -0.25) is 0 Å². The summed E-state index contributed by atoms with van der Waals surface area (Å²) in [4.78, 5) is 0. The lowest BCUT2D eigenvalue weighted by molar-refractivity contribution is 1.59. The van der Waals surface area contributed by atoms with Crippen LogP contribution in [-0.4, -0.2) is 0 Å². The minimum absolute atomic E-state index is 0.211. The van der Waals surface area contributed by atoms with Crippen LogP contribution in [0.2, 0.25) is 0 Å². The summed E-state index contributed by atoms with van der Waals surface area (Å²) >= 11 is 0. The van der Waals surface area contributed by atoms with Crippen molar-refractivity contribution in [2.24, 2.45) is 0 Å². The second kappa shape index (κ2) is 9.50. The van der Waals surface area contributed by atoms with E-state index in [9.17, 15) is 0 Å². The molecule has 7 aromatic rings. The van der Waals surface area contributed by atoms with Gasteiger partial charge in [-0.2, -0.15) is 0 Å². The molecule has 0 nitrogen and oxygen atoms in total. The third-order valence-electron chi connectivity index (χ3n) is 6.94. The van der Waals surface area contributed by atoms with Gasteiger partial charge in [0.1, 0.15) is 0 Å². The maximum absolute atomic E-state index is 9.06. The zero-order valence-corrected chi connectivity index (χ0v) is 20.4. The molecule has 7 rings (SSSR count). The molecule has 0 fully saturated rings. The van der Waals surface area contributed by atoms with E-state index in [-0.39, 0.29) is 45.7 Å². The van der Waals surface area contributed by atoms with E-state index in [1.54, 1.807) is 24.3 Å². The van der Waals surface area contributed by atoms with Crippen LogP contribution in [0.4, 0.5) is 0 Å². The smallest absolute Gasteiger partial charge is 0.0622 e. The first-order chi connectivity index (χ1) is 22.2. The van der Waals surface area contributed by atoms with Crippen molar-refractivity contribution in [3.05, 3.63) is 158 Å². The second-order valence-electron chi connectivity index (χ2n) is 9.14. The van der Waals surface area contributed by atoms with E-state index in [1.807, 2.05) is 60.7 Å². The Morgan fingerprint density at radius 3 is 0.921 bits per heavy atom. The molecule has 0 atom stereocenters. The predicted octanol–water partition coefficient (Wildman–Crippen LogP) is 10.7. The molecule has 0 saturated carbocycles. The zero-order valence-electron chi connectivity index (χ0n) is 28.4. The fraction of sp³-hybridized carbons (Fsp3) is 0. The molecular formula is C38H26. The Bertz CT molecular complexity index is 2220. The van der Waals surface area contributed by atoms with Gasteiger partial charge in [-0.05, 0) is 66.1 Å².